The second kappa shape index (κ2) is 5.36. The van der Waals surface area contributed by atoms with Crippen LogP contribution < -0.4 is 15.2 Å². The molecule has 0 amide bonds. The molecule has 0 aromatic heterocycles. The molecule has 1 atom stereocenters. The first kappa shape index (κ1) is 12.2. The van der Waals surface area contributed by atoms with Crippen LogP contribution in [0.4, 0.5) is 4.39 Å². The minimum Gasteiger partial charge on any atom is -0.489 e. The number of fused-ring (bicyclic) bond motifs is 1. The predicted molar refractivity (Wildman–Crippen MR) is 64.1 cm³/mol. The molecular weight excluding hydrogens is 221 g/mol. The van der Waals surface area contributed by atoms with Crippen LogP contribution in [0, 0.1) is 5.82 Å². The van der Waals surface area contributed by atoms with E-state index in [1.807, 2.05) is 0 Å². The van der Waals surface area contributed by atoms with Gasteiger partial charge in [0.25, 0.3) is 0 Å². The van der Waals surface area contributed by atoms with Crippen molar-refractivity contribution in [1.29, 1.82) is 0 Å². The van der Waals surface area contributed by atoms with E-state index in [0.717, 1.165) is 18.4 Å². The predicted octanol–water partition coefficient (Wildman–Crippen LogP) is 2.44. The highest BCUT2D eigenvalue weighted by atomic mass is 19.1. The van der Waals surface area contributed by atoms with Gasteiger partial charge in [-0.05, 0) is 24.9 Å². The quantitative estimate of drug-likeness (QED) is 0.881. The maximum atomic E-state index is 13.7. The van der Waals surface area contributed by atoms with Crippen LogP contribution >= 0.6 is 0 Å². The summed E-state index contributed by atoms with van der Waals surface area (Å²) >= 11 is 0. The Kier molecular flexibility index (Phi) is 3.84. The summed E-state index contributed by atoms with van der Waals surface area (Å²) in [6.45, 7) is 3.74. The molecule has 0 bridgehead atoms. The van der Waals surface area contributed by atoms with Crippen LogP contribution in [0.1, 0.15) is 31.2 Å². The van der Waals surface area contributed by atoms with E-state index in [2.05, 4.69) is 6.92 Å². The first-order valence-electron chi connectivity index (χ1n) is 6.02. The van der Waals surface area contributed by atoms with Gasteiger partial charge in [-0.25, -0.2) is 4.39 Å². The average molecular weight is 239 g/mol. The molecule has 4 heteroatoms. The number of hydrogen-bond donors (Lipinski definition) is 1. The van der Waals surface area contributed by atoms with Gasteiger partial charge in [0.15, 0.2) is 17.3 Å². The van der Waals surface area contributed by atoms with Gasteiger partial charge in [-0.3, -0.25) is 0 Å². The molecule has 3 nitrogen and oxygen atoms in total. The van der Waals surface area contributed by atoms with Crippen LogP contribution in [-0.2, 0) is 0 Å². The van der Waals surface area contributed by atoms with E-state index >= 15 is 0 Å². The normalized spacial score (nSPS) is 16.4. The lowest BCUT2D eigenvalue weighted by molar-refractivity contribution is 0.291. The Morgan fingerprint density at radius 3 is 2.71 bits per heavy atom. The molecule has 2 N–H and O–H groups in total. The molecule has 2 rings (SSSR count). The Morgan fingerprint density at radius 1 is 1.29 bits per heavy atom. The first-order valence-corrected chi connectivity index (χ1v) is 6.02. The van der Waals surface area contributed by atoms with Gasteiger partial charge in [0, 0.05) is 12.0 Å². The van der Waals surface area contributed by atoms with E-state index in [9.17, 15) is 4.39 Å². The highest BCUT2D eigenvalue weighted by molar-refractivity contribution is 5.49. The average Bonchev–Trinajstić information content (AvgIpc) is 2.56. The zero-order valence-corrected chi connectivity index (χ0v) is 10.0. The van der Waals surface area contributed by atoms with Crippen molar-refractivity contribution in [2.45, 2.75) is 25.7 Å². The fourth-order valence-corrected chi connectivity index (χ4v) is 2.04. The molecule has 1 aromatic carbocycles. The molecule has 0 saturated carbocycles. The summed E-state index contributed by atoms with van der Waals surface area (Å²) < 4.78 is 24.7. The molecule has 1 aromatic rings. The van der Waals surface area contributed by atoms with Crippen molar-refractivity contribution in [2.75, 3.05) is 19.8 Å². The Balaban J connectivity index is 2.39. The molecule has 0 fully saturated rings. The standard InChI is InChI=1S/C13H18FNO2/c1-9(5-6-15)10-3-4-11(14)13-12(10)16-7-2-8-17-13/h3-4,9H,2,5-8,15H2,1H3. The van der Waals surface area contributed by atoms with Gasteiger partial charge in [0.05, 0.1) is 13.2 Å². The number of nitrogens with two attached hydrogens (primary N) is 1. The maximum Gasteiger partial charge on any atom is 0.197 e. The summed E-state index contributed by atoms with van der Waals surface area (Å²) in [5, 5.41) is 0. The van der Waals surface area contributed by atoms with E-state index in [1.54, 1.807) is 6.07 Å². The molecule has 1 aliphatic heterocycles. The second-order valence-electron chi connectivity index (χ2n) is 4.32. The first-order chi connectivity index (χ1) is 8.24. The van der Waals surface area contributed by atoms with Gasteiger partial charge < -0.3 is 15.2 Å². The SMILES string of the molecule is CC(CCN)c1ccc(F)c2c1OCCCO2. The van der Waals surface area contributed by atoms with Crippen LogP contribution in [0.2, 0.25) is 0 Å². The molecule has 0 aliphatic carbocycles. The van der Waals surface area contributed by atoms with Gasteiger partial charge in [-0.15, -0.1) is 0 Å². The second-order valence-corrected chi connectivity index (χ2v) is 4.32. The van der Waals surface area contributed by atoms with Gasteiger partial charge in [-0.2, -0.15) is 0 Å². The van der Waals surface area contributed by atoms with Crippen LogP contribution in [0.3, 0.4) is 0 Å². The van der Waals surface area contributed by atoms with Crippen molar-refractivity contribution in [3.63, 3.8) is 0 Å². The highest BCUT2D eigenvalue weighted by Crippen LogP contribution is 2.40. The lowest BCUT2D eigenvalue weighted by Gasteiger charge is -2.17. The summed E-state index contributed by atoms with van der Waals surface area (Å²) in [6, 6.07) is 3.21. The number of ether oxygens (including phenoxy) is 2. The third kappa shape index (κ3) is 2.52. The Bertz CT molecular complexity index is 395. The lowest BCUT2D eigenvalue weighted by atomic mass is 9.96. The minimum absolute atomic E-state index is 0.246. The van der Waals surface area contributed by atoms with Gasteiger partial charge in [0.1, 0.15) is 0 Å². The van der Waals surface area contributed by atoms with Gasteiger partial charge >= 0.3 is 0 Å². The third-order valence-electron chi connectivity index (χ3n) is 3.01. The number of halogens is 1. The molecule has 94 valence electrons. The minimum atomic E-state index is -0.356. The van der Waals surface area contributed by atoms with E-state index in [0.29, 0.717) is 25.5 Å². The van der Waals surface area contributed by atoms with E-state index in [1.165, 1.54) is 6.07 Å². The van der Waals surface area contributed by atoms with Gasteiger partial charge in [0.2, 0.25) is 0 Å². The summed E-state index contributed by atoms with van der Waals surface area (Å²) in [5.74, 6) is 0.703. The summed E-state index contributed by atoms with van der Waals surface area (Å²) in [7, 11) is 0. The molecule has 0 saturated heterocycles. The molecule has 1 heterocycles. The van der Waals surface area contributed by atoms with Crippen LogP contribution in [0.25, 0.3) is 0 Å². The summed E-state index contributed by atoms with van der Waals surface area (Å²) in [4.78, 5) is 0. The fraction of sp³-hybridized carbons (Fsp3) is 0.538. The monoisotopic (exact) mass is 239 g/mol. The van der Waals surface area contributed by atoms with Gasteiger partial charge in [-0.1, -0.05) is 13.0 Å². The van der Waals surface area contributed by atoms with Crippen molar-refractivity contribution in [3.05, 3.63) is 23.5 Å². The van der Waals surface area contributed by atoms with Crippen molar-refractivity contribution < 1.29 is 13.9 Å². The third-order valence-corrected chi connectivity index (χ3v) is 3.01. The maximum absolute atomic E-state index is 13.7. The van der Waals surface area contributed by atoms with Crippen molar-refractivity contribution in [2.24, 2.45) is 5.73 Å². The van der Waals surface area contributed by atoms with E-state index in [-0.39, 0.29) is 17.5 Å². The molecule has 0 spiro atoms. The van der Waals surface area contributed by atoms with Crippen molar-refractivity contribution in [1.82, 2.24) is 0 Å². The highest BCUT2D eigenvalue weighted by Gasteiger charge is 2.21. The van der Waals surface area contributed by atoms with E-state index < -0.39 is 0 Å². The smallest absolute Gasteiger partial charge is 0.197 e. The van der Waals surface area contributed by atoms with Crippen molar-refractivity contribution in [3.8, 4) is 11.5 Å². The molecule has 1 aliphatic rings. The summed E-state index contributed by atoms with van der Waals surface area (Å²) in [6.07, 6.45) is 1.63. The zero-order valence-electron chi connectivity index (χ0n) is 10.0. The van der Waals surface area contributed by atoms with E-state index in [4.69, 9.17) is 15.2 Å². The number of hydrogen-bond acceptors (Lipinski definition) is 3. The Hall–Kier alpha value is -1.29. The van der Waals surface area contributed by atoms with Crippen LogP contribution in [0.15, 0.2) is 12.1 Å². The zero-order chi connectivity index (χ0) is 12.3. The topological polar surface area (TPSA) is 44.5 Å². The number of benzene rings is 1. The fourth-order valence-electron chi connectivity index (χ4n) is 2.04. The summed E-state index contributed by atoms with van der Waals surface area (Å²) in [5.41, 5.74) is 6.54. The van der Waals surface area contributed by atoms with Crippen LogP contribution in [0.5, 0.6) is 11.5 Å². The Morgan fingerprint density at radius 2 is 2.00 bits per heavy atom. The number of rotatable bonds is 3. The molecule has 0 radical (unpaired) electrons. The van der Waals surface area contributed by atoms with Crippen molar-refractivity contribution >= 4 is 0 Å². The lowest BCUT2D eigenvalue weighted by Crippen LogP contribution is -2.07. The van der Waals surface area contributed by atoms with Crippen LogP contribution in [-0.4, -0.2) is 19.8 Å². The molecular formula is C13H18FNO2. The molecule has 17 heavy (non-hydrogen) atoms. The largest absolute Gasteiger partial charge is 0.489 e. The Labute approximate surface area is 101 Å². The molecule has 1 unspecified atom stereocenters.